The fourth-order valence-corrected chi connectivity index (χ4v) is 12.6. The van der Waals surface area contributed by atoms with Gasteiger partial charge in [0.15, 0.2) is 31.5 Å². The van der Waals surface area contributed by atoms with E-state index in [0.29, 0.717) is 25.2 Å². The van der Waals surface area contributed by atoms with Crippen LogP contribution in [0.4, 0.5) is 0 Å². The number of methoxy groups -OCH3 is 1. The van der Waals surface area contributed by atoms with Gasteiger partial charge in [-0.25, -0.2) is 0 Å². The second kappa shape index (κ2) is 38.5. The summed E-state index contributed by atoms with van der Waals surface area (Å²) in [7, 11) is 1.25. The number of unbranched alkanes of at least 4 members (excludes halogenated alkanes) is 5. The SMILES string of the molecule is CCCCCCC#CCCCOc1cccc(C(=O)NC2C(O[C@@H]3C(CO)OC(OC4C(CO)O[C@@H](OCC5(CO)CC(O)C(NC(C)=O)[C@H](OC6C(CO[C@@H]7OC(C)C(O)C(O)C7OC)OC[C@@H](NC(C)=O)[C@H]6O)O5)[C@@H](NC(C)=O)[C@H]4O)C(NC(C)=O)C3O)OC(CO)[C@@H](O)C2O)c1. The summed E-state index contributed by atoms with van der Waals surface area (Å²) in [5, 5.41) is 148. The number of nitrogens with one attached hydrogen (secondary N) is 5. The number of rotatable bonds is 31. The Morgan fingerprint density at radius 2 is 1.12 bits per heavy atom. The number of amides is 5. The summed E-state index contributed by atoms with van der Waals surface area (Å²) in [4.78, 5) is 64.9. The van der Waals surface area contributed by atoms with Crippen molar-refractivity contribution in [3.05, 3.63) is 29.8 Å². The molecule has 1 aromatic rings. The van der Waals surface area contributed by atoms with Crippen molar-refractivity contribution in [1.82, 2.24) is 26.6 Å². The average molecular weight is 1420 g/mol. The molecule has 0 saturated carbocycles. The molecule has 0 spiro atoms. The van der Waals surface area contributed by atoms with E-state index in [-0.39, 0.29) is 12.2 Å². The number of hydrogen-bond acceptors (Lipinski definition) is 30. The molecule has 562 valence electrons. The Morgan fingerprint density at radius 1 is 0.566 bits per heavy atom. The summed E-state index contributed by atoms with van der Waals surface area (Å²) in [6, 6.07) is -1.58. The van der Waals surface area contributed by atoms with Crippen LogP contribution >= 0.6 is 0 Å². The third-order valence-electron chi connectivity index (χ3n) is 17.9. The quantitative estimate of drug-likeness (QED) is 0.0243. The smallest absolute Gasteiger partial charge is 0.251 e. The highest BCUT2D eigenvalue weighted by Crippen LogP contribution is 2.38. The first-order valence-corrected chi connectivity index (χ1v) is 33.3. The molecule has 6 fully saturated rings. The minimum atomic E-state index is -2.06. The van der Waals surface area contributed by atoms with E-state index < -0.39 is 247 Å². The molecular weight excluding hydrogens is 1320 g/mol. The van der Waals surface area contributed by atoms with Crippen molar-refractivity contribution in [2.45, 2.75) is 264 Å². The van der Waals surface area contributed by atoms with Gasteiger partial charge in [-0.2, -0.15) is 0 Å². The maximum absolute atomic E-state index is 13.9. The highest BCUT2D eigenvalue weighted by Gasteiger charge is 2.57. The van der Waals surface area contributed by atoms with Gasteiger partial charge in [0.25, 0.3) is 5.91 Å². The van der Waals surface area contributed by atoms with Crippen LogP contribution in [0.15, 0.2) is 24.3 Å². The van der Waals surface area contributed by atoms with Gasteiger partial charge in [0.1, 0.15) is 127 Å². The van der Waals surface area contributed by atoms with Crippen LogP contribution in [0.2, 0.25) is 0 Å². The molecule has 5 amide bonds. The zero-order valence-electron chi connectivity index (χ0n) is 56.4. The number of ether oxygens (including phenoxy) is 13. The maximum Gasteiger partial charge on any atom is 0.251 e. The Kier molecular flexibility index (Phi) is 31.6. The number of aliphatic hydroxyl groups is 12. The Balaban J connectivity index is 1.07. The highest BCUT2D eigenvalue weighted by molar-refractivity contribution is 5.94. The van der Waals surface area contributed by atoms with Gasteiger partial charge >= 0.3 is 0 Å². The lowest BCUT2D eigenvalue weighted by atomic mass is 9.89. The molecule has 1 aromatic carbocycles. The first-order valence-electron chi connectivity index (χ1n) is 33.3. The van der Waals surface area contributed by atoms with Crippen molar-refractivity contribution in [3.63, 3.8) is 0 Å². The summed E-state index contributed by atoms with van der Waals surface area (Å²) in [5.41, 5.74) is -2.01. The van der Waals surface area contributed by atoms with E-state index in [4.69, 9.17) is 61.6 Å². The molecule has 0 aliphatic carbocycles. The molecule has 7 rings (SSSR count). The molecule has 0 bridgehead atoms. The number of carbonyl (C=O) groups excluding carboxylic acids is 5. The molecule has 35 nitrogen and oxygen atoms in total. The van der Waals surface area contributed by atoms with Gasteiger partial charge in [0.05, 0.1) is 71.1 Å². The van der Waals surface area contributed by atoms with Gasteiger partial charge in [-0.15, -0.1) is 11.8 Å². The predicted octanol–water partition coefficient (Wildman–Crippen LogP) is -6.20. The van der Waals surface area contributed by atoms with Crippen LogP contribution in [-0.4, -0.2) is 322 Å². The van der Waals surface area contributed by atoms with E-state index in [1.165, 1.54) is 39.5 Å². The monoisotopic (exact) mass is 1420 g/mol. The molecule has 6 saturated heterocycles. The first kappa shape index (κ1) is 81.3. The van der Waals surface area contributed by atoms with E-state index in [1.54, 1.807) is 12.1 Å². The first-order chi connectivity index (χ1) is 47.2. The Hall–Kier alpha value is -5.03. The predicted molar refractivity (Wildman–Crippen MR) is 335 cm³/mol. The standard InChI is InChI=1S/C64H101N5O30/c1-8-9-10-11-12-13-14-15-16-20-88-36-19-17-18-35(21-36)58(86)69-44-50(82)49(81)39(23-70)93-60(44)96-55-41(25-72)95-61(46(52(55)84)68-34(6)77)97-54-40(24-71)94-59(45(51(54)83)67-33(5)76)91-29-64(28-73)22-38(78)43(66-32(4)75)62(99-64)98-56-42(89-26-37(48(56)80)65-31(3)74)27-90-63-57(87-7)53(85)47(79)30(2)92-63/h17-19,21,30,37-57,59-63,70-73,78-85H,8-12,15-16,20,22-29H2,1-7H3,(H,65,74)(H,66,75)(H,67,76)(H,68,77)(H,69,86)/t30?,37-,38?,39?,40?,41?,42?,43?,44?,45+,46?,47?,48-,49-,50?,51-,52?,53?,54?,55-,56?,57?,59-,60?,61?,62-,63-,64?/m1/s1. The lowest BCUT2D eigenvalue weighted by Gasteiger charge is -2.51. The molecular formula is C64H101N5O30. The van der Waals surface area contributed by atoms with Crippen LogP contribution in [-0.2, 0) is 76.0 Å². The number of benzene rings is 1. The van der Waals surface area contributed by atoms with Gasteiger partial charge < -0.3 is 149 Å². The van der Waals surface area contributed by atoms with Crippen LogP contribution in [0.1, 0.15) is 103 Å². The van der Waals surface area contributed by atoms with Crippen LogP contribution in [0, 0.1) is 11.8 Å². The largest absolute Gasteiger partial charge is 0.494 e. The summed E-state index contributed by atoms with van der Waals surface area (Å²) in [6.45, 7) is 2.94. The van der Waals surface area contributed by atoms with Gasteiger partial charge in [-0.3, -0.25) is 24.0 Å². The van der Waals surface area contributed by atoms with E-state index in [2.05, 4.69) is 45.3 Å². The van der Waals surface area contributed by atoms with Crippen LogP contribution in [0.3, 0.4) is 0 Å². The topological polar surface area (TPSA) is 508 Å². The second-order valence-corrected chi connectivity index (χ2v) is 25.6. The maximum atomic E-state index is 13.9. The zero-order valence-corrected chi connectivity index (χ0v) is 56.4. The molecule has 35 heteroatoms. The summed E-state index contributed by atoms with van der Waals surface area (Å²) in [5.74, 6) is 2.99. The van der Waals surface area contributed by atoms with Crippen LogP contribution < -0.4 is 31.3 Å². The van der Waals surface area contributed by atoms with E-state index in [1.807, 2.05) is 0 Å². The van der Waals surface area contributed by atoms with Crippen molar-refractivity contribution >= 4 is 29.5 Å². The number of hydrogen-bond donors (Lipinski definition) is 17. The summed E-state index contributed by atoms with van der Waals surface area (Å²) >= 11 is 0. The molecule has 0 aromatic heterocycles. The van der Waals surface area contributed by atoms with Crippen molar-refractivity contribution in [3.8, 4) is 17.6 Å². The molecule has 6 heterocycles. The molecule has 6 aliphatic heterocycles. The normalized spacial score (nSPS) is 38.6. The minimum absolute atomic E-state index is 0.0445. The van der Waals surface area contributed by atoms with Gasteiger partial charge in [0, 0.05) is 59.6 Å². The third kappa shape index (κ3) is 21.3. The van der Waals surface area contributed by atoms with Crippen LogP contribution in [0.25, 0.3) is 0 Å². The van der Waals surface area contributed by atoms with Crippen molar-refractivity contribution < 1.29 is 147 Å². The van der Waals surface area contributed by atoms with Crippen LogP contribution in [0.5, 0.6) is 5.75 Å². The fraction of sp³-hybridized carbons (Fsp3) is 0.797. The summed E-state index contributed by atoms with van der Waals surface area (Å²) in [6.07, 6.45) is -29.9. The third-order valence-corrected chi connectivity index (χ3v) is 17.9. The van der Waals surface area contributed by atoms with Gasteiger partial charge in [-0.05, 0) is 38.0 Å². The zero-order chi connectivity index (χ0) is 72.4. The van der Waals surface area contributed by atoms with Gasteiger partial charge in [-0.1, -0.05) is 32.3 Å². The molecule has 19 unspecified atom stereocenters. The molecule has 6 aliphatic rings. The van der Waals surface area contributed by atoms with Crippen molar-refractivity contribution in [2.24, 2.45) is 0 Å². The van der Waals surface area contributed by atoms with Crippen molar-refractivity contribution in [2.75, 3.05) is 60.0 Å². The van der Waals surface area contributed by atoms with E-state index >= 15 is 0 Å². The second-order valence-electron chi connectivity index (χ2n) is 25.6. The Bertz CT molecular complexity index is 2790. The Morgan fingerprint density at radius 3 is 1.71 bits per heavy atom. The van der Waals surface area contributed by atoms with Gasteiger partial charge in [0.2, 0.25) is 23.6 Å². The lowest BCUT2D eigenvalue weighted by Crippen LogP contribution is -2.71. The Labute approximate surface area is 572 Å². The lowest BCUT2D eigenvalue weighted by molar-refractivity contribution is -0.359. The van der Waals surface area contributed by atoms with E-state index in [0.717, 1.165) is 46.5 Å². The highest BCUT2D eigenvalue weighted by atomic mass is 16.8. The van der Waals surface area contributed by atoms with Crippen molar-refractivity contribution in [1.29, 1.82) is 0 Å². The molecule has 99 heavy (non-hydrogen) atoms. The molecule has 17 N–H and O–H groups in total. The minimum Gasteiger partial charge on any atom is -0.494 e. The van der Waals surface area contributed by atoms with E-state index in [9.17, 15) is 85.3 Å². The number of carbonyl (C=O) groups is 5. The average Bonchev–Trinajstić information content (AvgIpc) is 0.777. The molecule has 0 radical (unpaired) electrons. The molecule has 28 atom stereocenters. The fourth-order valence-electron chi connectivity index (χ4n) is 12.6. The number of aliphatic hydroxyl groups excluding tert-OH is 12. The summed E-state index contributed by atoms with van der Waals surface area (Å²) < 4.78 is 78.7.